The van der Waals surface area contributed by atoms with E-state index in [0.717, 1.165) is 0 Å². The molecule has 1 fully saturated rings. The molecule has 0 bridgehead atoms. The minimum absolute atomic E-state index is 0.0177. The summed E-state index contributed by atoms with van der Waals surface area (Å²) in [6.45, 7) is 4.24. The second-order valence-electron chi connectivity index (χ2n) is 7.63. The average molecular weight is 446 g/mol. The summed E-state index contributed by atoms with van der Waals surface area (Å²) >= 11 is 0. The van der Waals surface area contributed by atoms with Gasteiger partial charge in [-0.3, -0.25) is 14.5 Å². The standard InChI is InChI=1S/C21H24F2N6O3/c1-3-15-20(31)27-17-16(22)12(10-25-21(17)32-15)11-28-6-8-29(9-7-28)14-5-4-13(19(30)24-2)26-18(14)23/h4-5,10,15H,3,6-9,11H2,1-2H3,(H,24,30)(H,27,31). The molecule has 2 aromatic rings. The first-order valence-electron chi connectivity index (χ1n) is 10.4. The Morgan fingerprint density at radius 3 is 2.69 bits per heavy atom. The number of amides is 2. The lowest BCUT2D eigenvalue weighted by Crippen LogP contribution is -2.46. The summed E-state index contributed by atoms with van der Waals surface area (Å²) in [6.07, 6.45) is 1.21. The van der Waals surface area contributed by atoms with E-state index >= 15 is 0 Å². The fourth-order valence-corrected chi connectivity index (χ4v) is 3.79. The monoisotopic (exact) mass is 446 g/mol. The number of carbonyl (C=O) groups excluding carboxylic acids is 2. The first-order chi connectivity index (χ1) is 15.4. The molecule has 2 N–H and O–H groups in total. The van der Waals surface area contributed by atoms with Gasteiger partial charge in [0.2, 0.25) is 11.8 Å². The van der Waals surface area contributed by atoms with E-state index in [1.54, 1.807) is 13.0 Å². The van der Waals surface area contributed by atoms with E-state index < -0.39 is 23.8 Å². The van der Waals surface area contributed by atoms with Crippen LogP contribution in [0.25, 0.3) is 0 Å². The molecule has 9 nitrogen and oxygen atoms in total. The smallest absolute Gasteiger partial charge is 0.269 e. The van der Waals surface area contributed by atoms with Crippen LogP contribution in [0.5, 0.6) is 5.88 Å². The van der Waals surface area contributed by atoms with Crippen LogP contribution in [0.3, 0.4) is 0 Å². The maximum atomic E-state index is 15.0. The molecule has 170 valence electrons. The first kappa shape index (κ1) is 21.9. The van der Waals surface area contributed by atoms with Crippen LogP contribution in [-0.4, -0.2) is 66.0 Å². The van der Waals surface area contributed by atoms with E-state index in [1.165, 1.54) is 19.3 Å². The van der Waals surface area contributed by atoms with E-state index in [-0.39, 0.29) is 23.2 Å². The van der Waals surface area contributed by atoms with E-state index in [1.807, 2.05) is 9.80 Å². The quantitative estimate of drug-likeness (QED) is 0.673. The molecule has 1 unspecified atom stereocenters. The summed E-state index contributed by atoms with van der Waals surface area (Å²) in [5.41, 5.74) is 0.660. The number of ether oxygens (including phenoxy) is 1. The zero-order valence-corrected chi connectivity index (χ0v) is 17.8. The third-order valence-electron chi connectivity index (χ3n) is 5.61. The number of pyridine rings is 2. The number of halogens is 2. The van der Waals surface area contributed by atoms with Crippen molar-refractivity contribution in [3.8, 4) is 5.88 Å². The number of rotatable bonds is 5. The number of hydrogen-bond acceptors (Lipinski definition) is 7. The van der Waals surface area contributed by atoms with E-state index in [9.17, 15) is 18.4 Å². The molecule has 11 heteroatoms. The number of carbonyl (C=O) groups is 2. The van der Waals surface area contributed by atoms with Crippen LogP contribution in [-0.2, 0) is 11.3 Å². The molecule has 2 aliphatic rings. The van der Waals surface area contributed by atoms with Crippen molar-refractivity contribution >= 4 is 23.2 Å². The first-order valence-corrected chi connectivity index (χ1v) is 10.4. The van der Waals surface area contributed by atoms with Gasteiger partial charge in [-0.05, 0) is 18.6 Å². The maximum Gasteiger partial charge on any atom is 0.269 e. The van der Waals surface area contributed by atoms with Crippen LogP contribution in [0.4, 0.5) is 20.2 Å². The number of nitrogens with one attached hydrogen (secondary N) is 2. The zero-order chi connectivity index (χ0) is 22.8. The highest BCUT2D eigenvalue weighted by atomic mass is 19.1. The number of piperazine rings is 1. The van der Waals surface area contributed by atoms with Crippen molar-refractivity contribution in [3.05, 3.63) is 41.4 Å². The van der Waals surface area contributed by atoms with Gasteiger partial charge in [0.15, 0.2) is 11.9 Å². The molecular formula is C21H24F2N6O3. The van der Waals surface area contributed by atoms with Gasteiger partial charge in [0.1, 0.15) is 11.4 Å². The molecule has 0 radical (unpaired) electrons. The Morgan fingerprint density at radius 2 is 2.03 bits per heavy atom. The molecule has 1 saturated heterocycles. The highest BCUT2D eigenvalue weighted by molar-refractivity contribution is 5.97. The summed E-state index contributed by atoms with van der Waals surface area (Å²) in [6, 6.07) is 3.03. The number of nitrogens with zero attached hydrogens (tertiary/aromatic N) is 4. The predicted molar refractivity (Wildman–Crippen MR) is 113 cm³/mol. The van der Waals surface area contributed by atoms with Crippen LogP contribution in [0, 0.1) is 11.8 Å². The normalized spacial score (nSPS) is 18.6. The molecular weight excluding hydrogens is 422 g/mol. The lowest BCUT2D eigenvalue weighted by atomic mass is 10.1. The highest BCUT2D eigenvalue weighted by Gasteiger charge is 2.31. The summed E-state index contributed by atoms with van der Waals surface area (Å²) in [4.78, 5) is 35.4. The molecule has 2 aliphatic heterocycles. The summed E-state index contributed by atoms with van der Waals surface area (Å²) < 4.78 is 34.9. The summed E-state index contributed by atoms with van der Waals surface area (Å²) in [7, 11) is 1.46. The second-order valence-corrected chi connectivity index (χ2v) is 7.63. The van der Waals surface area contributed by atoms with Crippen molar-refractivity contribution in [2.75, 3.05) is 43.4 Å². The Hall–Kier alpha value is -3.34. The van der Waals surface area contributed by atoms with Gasteiger partial charge in [-0.25, -0.2) is 14.4 Å². The minimum atomic E-state index is -0.703. The Morgan fingerprint density at radius 1 is 1.28 bits per heavy atom. The summed E-state index contributed by atoms with van der Waals surface area (Å²) in [5, 5.41) is 4.97. The molecule has 4 rings (SSSR count). The fraction of sp³-hybridized carbons (Fsp3) is 0.429. The number of anilines is 2. The van der Waals surface area contributed by atoms with Crippen molar-refractivity contribution < 1.29 is 23.1 Å². The Labute approximate surface area is 183 Å². The van der Waals surface area contributed by atoms with E-state index in [2.05, 4.69) is 20.6 Å². The van der Waals surface area contributed by atoms with E-state index in [0.29, 0.717) is 50.4 Å². The fourth-order valence-electron chi connectivity index (χ4n) is 3.79. The van der Waals surface area contributed by atoms with Crippen LogP contribution >= 0.6 is 0 Å². The van der Waals surface area contributed by atoms with Crippen LogP contribution in [0.1, 0.15) is 29.4 Å². The lowest BCUT2D eigenvalue weighted by Gasteiger charge is -2.36. The molecule has 0 aromatic carbocycles. The van der Waals surface area contributed by atoms with Gasteiger partial charge in [0.05, 0.1) is 5.69 Å². The van der Waals surface area contributed by atoms with Crippen LogP contribution in [0.15, 0.2) is 18.3 Å². The molecule has 0 aliphatic carbocycles. The van der Waals surface area contributed by atoms with Crippen LogP contribution < -0.4 is 20.3 Å². The Kier molecular flexibility index (Phi) is 6.17. The molecule has 0 spiro atoms. The zero-order valence-electron chi connectivity index (χ0n) is 17.8. The SMILES string of the molecule is CCC1Oc2ncc(CN3CCN(c4ccc(C(=O)NC)nc4F)CC3)c(F)c2NC1=O. The third kappa shape index (κ3) is 4.20. The van der Waals surface area contributed by atoms with Gasteiger partial charge in [-0.2, -0.15) is 4.39 Å². The van der Waals surface area contributed by atoms with Gasteiger partial charge < -0.3 is 20.3 Å². The second kappa shape index (κ2) is 9.03. The molecule has 4 heterocycles. The molecule has 2 amide bonds. The molecule has 2 aromatic heterocycles. The van der Waals surface area contributed by atoms with Crippen LogP contribution in [0.2, 0.25) is 0 Å². The molecule has 1 atom stereocenters. The maximum absolute atomic E-state index is 15.0. The van der Waals surface area contributed by atoms with Gasteiger partial charge in [0.25, 0.3) is 11.8 Å². The van der Waals surface area contributed by atoms with Crippen molar-refractivity contribution in [1.82, 2.24) is 20.2 Å². The van der Waals surface area contributed by atoms with Crippen molar-refractivity contribution in [2.45, 2.75) is 26.0 Å². The topological polar surface area (TPSA) is 99.7 Å². The van der Waals surface area contributed by atoms with Crippen molar-refractivity contribution in [2.24, 2.45) is 0 Å². The third-order valence-corrected chi connectivity index (χ3v) is 5.61. The number of fused-ring (bicyclic) bond motifs is 1. The largest absolute Gasteiger partial charge is 0.463 e. The Balaban J connectivity index is 1.40. The highest BCUT2D eigenvalue weighted by Crippen LogP contribution is 2.33. The lowest BCUT2D eigenvalue weighted by molar-refractivity contribution is -0.123. The van der Waals surface area contributed by atoms with Crippen molar-refractivity contribution in [3.63, 3.8) is 0 Å². The van der Waals surface area contributed by atoms with Gasteiger partial charge in [-0.1, -0.05) is 6.92 Å². The van der Waals surface area contributed by atoms with Crippen molar-refractivity contribution in [1.29, 1.82) is 0 Å². The van der Waals surface area contributed by atoms with E-state index in [4.69, 9.17) is 4.74 Å². The predicted octanol–water partition coefficient (Wildman–Crippen LogP) is 1.55. The number of hydrogen-bond donors (Lipinski definition) is 2. The minimum Gasteiger partial charge on any atom is -0.463 e. The summed E-state index contributed by atoms with van der Waals surface area (Å²) in [5.74, 6) is -2.01. The van der Waals surface area contributed by atoms with Gasteiger partial charge in [0, 0.05) is 51.5 Å². The number of aromatic nitrogens is 2. The molecule has 32 heavy (non-hydrogen) atoms. The average Bonchev–Trinajstić information content (AvgIpc) is 2.81. The Bertz CT molecular complexity index is 1040. The van der Waals surface area contributed by atoms with Gasteiger partial charge in [-0.15, -0.1) is 0 Å². The van der Waals surface area contributed by atoms with Gasteiger partial charge >= 0.3 is 0 Å². The molecule has 0 saturated carbocycles.